The van der Waals surface area contributed by atoms with Crippen molar-refractivity contribution in [3.8, 4) is 5.75 Å². The van der Waals surface area contributed by atoms with Crippen LogP contribution in [0.25, 0.3) is 0 Å². The van der Waals surface area contributed by atoms with Gasteiger partial charge in [-0.1, -0.05) is 48.5 Å². The van der Waals surface area contributed by atoms with Gasteiger partial charge in [0.15, 0.2) is 0 Å². The number of rotatable bonds is 8. The molecule has 1 heterocycles. The summed E-state index contributed by atoms with van der Waals surface area (Å²) >= 11 is 0. The summed E-state index contributed by atoms with van der Waals surface area (Å²) < 4.78 is 32.6. The lowest BCUT2D eigenvalue weighted by Crippen LogP contribution is -2.46. The molecule has 7 heteroatoms. The third-order valence-corrected chi connectivity index (χ3v) is 7.23. The van der Waals surface area contributed by atoms with Crippen LogP contribution in [-0.4, -0.2) is 44.4 Å². The molecule has 0 aromatic heterocycles. The Hall–Kier alpha value is -2.38. The quantitative estimate of drug-likeness (QED) is 0.698. The molecule has 0 spiro atoms. The van der Waals surface area contributed by atoms with Crippen LogP contribution < -0.4 is 10.1 Å². The molecule has 1 atom stereocenters. The third-order valence-electron chi connectivity index (χ3n) is 5.38. The number of benzene rings is 2. The van der Waals surface area contributed by atoms with Gasteiger partial charge in [0.2, 0.25) is 15.9 Å². The van der Waals surface area contributed by atoms with E-state index in [0.717, 1.165) is 16.9 Å². The summed E-state index contributed by atoms with van der Waals surface area (Å²) in [6.07, 6.45) is 1.07. The maximum Gasteiger partial charge on any atom is 0.223 e. The maximum atomic E-state index is 12.7. The zero-order chi connectivity index (χ0) is 21.6. The molecular weight excluding hydrogens is 400 g/mol. The average molecular weight is 431 g/mol. The summed E-state index contributed by atoms with van der Waals surface area (Å²) in [5.74, 6) is 0.610. The van der Waals surface area contributed by atoms with E-state index in [4.69, 9.17) is 4.74 Å². The normalized spacial score (nSPS) is 16.7. The van der Waals surface area contributed by atoms with Crippen LogP contribution in [0.15, 0.2) is 54.6 Å². The highest BCUT2D eigenvalue weighted by atomic mass is 32.2. The molecule has 1 aliphatic rings. The second-order valence-corrected chi connectivity index (χ2v) is 9.87. The van der Waals surface area contributed by atoms with E-state index >= 15 is 0 Å². The first-order chi connectivity index (χ1) is 14.3. The van der Waals surface area contributed by atoms with Gasteiger partial charge in [0.1, 0.15) is 12.4 Å². The molecule has 3 rings (SSSR count). The first-order valence-electron chi connectivity index (χ1n) is 10.4. The summed E-state index contributed by atoms with van der Waals surface area (Å²) in [6, 6.07) is 16.8. The number of nitrogens with one attached hydrogen (secondary N) is 1. The number of carbonyl (C=O) groups is 1. The molecule has 1 fully saturated rings. The summed E-state index contributed by atoms with van der Waals surface area (Å²) in [5.41, 5.74) is 1.83. The van der Waals surface area contributed by atoms with Crippen molar-refractivity contribution < 1.29 is 17.9 Å². The smallest absolute Gasteiger partial charge is 0.223 e. The molecule has 6 nitrogen and oxygen atoms in total. The van der Waals surface area contributed by atoms with Crippen LogP contribution in [0.2, 0.25) is 0 Å². The molecule has 0 aliphatic carbocycles. The van der Waals surface area contributed by atoms with Gasteiger partial charge in [-0.15, -0.1) is 0 Å². The van der Waals surface area contributed by atoms with Crippen molar-refractivity contribution in [1.82, 2.24) is 9.62 Å². The van der Waals surface area contributed by atoms with Crippen LogP contribution in [0.1, 0.15) is 30.9 Å². The molecule has 0 radical (unpaired) electrons. The highest BCUT2D eigenvalue weighted by Crippen LogP contribution is 2.22. The van der Waals surface area contributed by atoms with E-state index in [2.05, 4.69) is 5.32 Å². The van der Waals surface area contributed by atoms with Crippen molar-refractivity contribution in [1.29, 1.82) is 0 Å². The summed E-state index contributed by atoms with van der Waals surface area (Å²) in [6.45, 7) is 5.04. The fourth-order valence-electron chi connectivity index (χ4n) is 3.61. The summed E-state index contributed by atoms with van der Waals surface area (Å²) in [5, 5.41) is 3.00. The van der Waals surface area contributed by atoms with E-state index < -0.39 is 10.0 Å². The second kappa shape index (κ2) is 10.1. The topological polar surface area (TPSA) is 75.7 Å². The Kier molecular flexibility index (Phi) is 7.50. The predicted molar refractivity (Wildman–Crippen MR) is 118 cm³/mol. The molecule has 1 N–H and O–H groups in total. The van der Waals surface area contributed by atoms with Crippen LogP contribution in [0.4, 0.5) is 0 Å². The van der Waals surface area contributed by atoms with Crippen molar-refractivity contribution in [3.05, 3.63) is 65.7 Å². The Bertz CT molecular complexity index is 939. The number of ether oxygens (including phenoxy) is 1. The number of amides is 1. The molecule has 1 aliphatic heterocycles. The van der Waals surface area contributed by atoms with Crippen LogP contribution in [-0.2, 0) is 20.6 Å². The van der Waals surface area contributed by atoms with E-state index in [1.165, 1.54) is 4.31 Å². The minimum Gasteiger partial charge on any atom is -0.491 e. The summed E-state index contributed by atoms with van der Waals surface area (Å²) in [7, 11) is -3.37. The van der Waals surface area contributed by atoms with E-state index in [-0.39, 0.29) is 23.6 Å². The Balaban J connectivity index is 1.45. The van der Waals surface area contributed by atoms with Gasteiger partial charge >= 0.3 is 0 Å². The Morgan fingerprint density at radius 2 is 1.73 bits per heavy atom. The van der Waals surface area contributed by atoms with Gasteiger partial charge in [0.25, 0.3) is 0 Å². The molecule has 0 saturated carbocycles. The number of hydrogen-bond donors (Lipinski definition) is 1. The minimum atomic E-state index is -3.37. The molecular formula is C23H30N2O4S. The van der Waals surface area contributed by atoms with Crippen LogP contribution in [0.5, 0.6) is 5.75 Å². The van der Waals surface area contributed by atoms with Gasteiger partial charge in [-0.3, -0.25) is 4.79 Å². The summed E-state index contributed by atoms with van der Waals surface area (Å²) in [4.78, 5) is 12.6. The molecule has 1 amide bonds. The van der Waals surface area contributed by atoms with Gasteiger partial charge < -0.3 is 10.1 Å². The van der Waals surface area contributed by atoms with Crippen LogP contribution in [0.3, 0.4) is 0 Å². The zero-order valence-corrected chi connectivity index (χ0v) is 18.4. The van der Waals surface area contributed by atoms with E-state index in [0.29, 0.717) is 32.5 Å². The van der Waals surface area contributed by atoms with Crippen molar-refractivity contribution in [3.63, 3.8) is 0 Å². The predicted octanol–water partition coefficient (Wildman–Crippen LogP) is 3.12. The van der Waals surface area contributed by atoms with Crippen molar-refractivity contribution in [2.75, 3.05) is 19.7 Å². The monoisotopic (exact) mass is 430 g/mol. The molecule has 2 aromatic carbocycles. The molecule has 30 heavy (non-hydrogen) atoms. The van der Waals surface area contributed by atoms with Gasteiger partial charge in [-0.05, 0) is 43.9 Å². The molecule has 1 saturated heterocycles. The fourth-order valence-corrected chi connectivity index (χ4v) is 5.17. The number of hydrogen-bond acceptors (Lipinski definition) is 4. The first kappa shape index (κ1) is 22.3. The van der Waals surface area contributed by atoms with E-state index in [1.54, 1.807) is 0 Å². The SMILES string of the molecule is Cc1ccccc1OCC(C)NC(=O)C1CCN(S(=O)(=O)Cc2ccccc2)CC1. The largest absolute Gasteiger partial charge is 0.491 e. The lowest BCUT2D eigenvalue weighted by atomic mass is 9.97. The number of para-hydroxylation sites is 1. The number of piperidine rings is 1. The fraction of sp³-hybridized carbons (Fsp3) is 0.435. The lowest BCUT2D eigenvalue weighted by molar-refractivity contribution is -0.126. The van der Waals surface area contributed by atoms with Gasteiger partial charge in [-0.25, -0.2) is 12.7 Å². The number of aryl methyl sites for hydroxylation is 1. The second-order valence-electron chi connectivity index (χ2n) is 7.90. The molecule has 162 valence electrons. The number of sulfonamides is 1. The molecule has 0 bridgehead atoms. The number of nitrogens with zero attached hydrogens (tertiary/aromatic N) is 1. The maximum absolute atomic E-state index is 12.7. The molecule has 2 aromatic rings. The van der Waals surface area contributed by atoms with Gasteiger partial charge in [0.05, 0.1) is 11.8 Å². The number of carbonyl (C=O) groups excluding carboxylic acids is 1. The third kappa shape index (κ3) is 6.06. The van der Waals surface area contributed by atoms with Gasteiger partial charge in [0, 0.05) is 19.0 Å². The molecule has 1 unspecified atom stereocenters. The highest BCUT2D eigenvalue weighted by molar-refractivity contribution is 7.88. The van der Waals surface area contributed by atoms with Gasteiger partial charge in [-0.2, -0.15) is 0 Å². The van der Waals surface area contributed by atoms with Crippen LogP contribution >= 0.6 is 0 Å². The van der Waals surface area contributed by atoms with Crippen LogP contribution in [0, 0.1) is 12.8 Å². The Labute approximate surface area is 179 Å². The standard InChI is InChI=1S/C23H30N2O4S/c1-18-8-6-7-11-22(18)29-16-19(2)24-23(26)21-12-14-25(15-13-21)30(27,28)17-20-9-4-3-5-10-20/h3-11,19,21H,12-17H2,1-2H3,(H,24,26). The van der Waals surface area contributed by atoms with Crippen molar-refractivity contribution >= 4 is 15.9 Å². The average Bonchev–Trinajstić information content (AvgIpc) is 2.73. The highest BCUT2D eigenvalue weighted by Gasteiger charge is 2.31. The van der Waals surface area contributed by atoms with E-state index in [9.17, 15) is 13.2 Å². The Morgan fingerprint density at radius 3 is 2.40 bits per heavy atom. The zero-order valence-electron chi connectivity index (χ0n) is 17.6. The van der Waals surface area contributed by atoms with E-state index in [1.807, 2.05) is 68.4 Å². The van der Waals surface area contributed by atoms with Crippen molar-refractivity contribution in [2.24, 2.45) is 5.92 Å². The van der Waals surface area contributed by atoms with Crippen molar-refractivity contribution in [2.45, 2.75) is 38.5 Å². The first-order valence-corrected chi connectivity index (χ1v) is 12.0. The lowest BCUT2D eigenvalue weighted by Gasteiger charge is -2.31. The minimum absolute atomic E-state index is 0.00201. The Morgan fingerprint density at radius 1 is 1.10 bits per heavy atom.